The van der Waals surface area contributed by atoms with Crippen LogP contribution < -0.4 is 0 Å². The van der Waals surface area contributed by atoms with Crippen molar-refractivity contribution in [2.75, 3.05) is 6.61 Å². The van der Waals surface area contributed by atoms with Gasteiger partial charge in [0.1, 0.15) is 0 Å². The standard InChI is InChI=1S/C7H16O3/c1-3-6(5-8)10-7(9)4-2/h6-9H,3-5H2,1-2H3. The molecule has 0 aromatic heterocycles. The molecule has 2 N–H and O–H groups in total. The molecule has 0 aromatic rings. The highest BCUT2D eigenvalue weighted by Crippen LogP contribution is 2.02. The van der Waals surface area contributed by atoms with Crippen molar-refractivity contribution in [2.24, 2.45) is 0 Å². The third kappa shape index (κ3) is 3.82. The van der Waals surface area contributed by atoms with Gasteiger partial charge in [-0.15, -0.1) is 0 Å². The molecular weight excluding hydrogens is 132 g/mol. The van der Waals surface area contributed by atoms with Gasteiger partial charge < -0.3 is 14.9 Å². The van der Waals surface area contributed by atoms with Crippen LogP contribution in [0.1, 0.15) is 26.7 Å². The lowest BCUT2D eigenvalue weighted by Gasteiger charge is -2.16. The van der Waals surface area contributed by atoms with Crippen LogP contribution in [0.4, 0.5) is 0 Å². The predicted molar refractivity (Wildman–Crippen MR) is 38.5 cm³/mol. The number of aliphatic hydroxyl groups excluding tert-OH is 2. The van der Waals surface area contributed by atoms with Gasteiger partial charge in [-0.1, -0.05) is 13.8 Å². The molecule has 0 saturated carbocycles. The fourth-order valence-corrected chi connectivity index (χ4v) is 0.587. The van der Waals surface area contributed by atoms with Gasteiger partial charge in [-0.3, -0.25) is 0 Å². The molecule has 3 nitrogen and oxygen atoms in total. The van der Waals surface area contributed by atoms with Crippen molar-refractivity contribution in [1.29, 1.82) is 0 Å². The fourth-order valence-electron chi connectivity index (χ4n) is 0.587. The minimum Gasteiger partial charge on any atom is -0.394 e. The summed E-state index contributed by atoms with van der Waals surface area (Å²) in [4.78, 5) is 0. The second-order valence-electron chi connectivity index (χ2n) is 2.21. The summed E-state index contributed by atoms with van der Waals surface area (Å²) in [5.74, 6) is 0. The summed E-state index contributed by atoms with van der Waals surface area (Å²) in [6.07, 6.45) is 0.358. The largest absolute Gasteiger partial charge is 0.394 e. The molecule has 0 aromatic carbocycles. The monoisotopic (exact) mass is 148 g/mol. The first-order valence-corrected chi connectivity index (χ1v) is 3.68. The van der Waals surface area contributed by atoms with Crippen LogP contribution in [0.5, 0.6) is 0 Å². The van der Waals surface area contributed by atoms with E-state index in [0.29, 0.717) is 6.42 Å². The minimum absolute atomic E-state index is 0.0203. The highest BCUT2D eigenvalue weighted by molar-refractivity contribution is 4.52. The number of hydrogen-bond acceptors (Lipinski definition) is 3. The van der Waals surface area contributed by atoms with Crippen LogP contribution >= 0.6 is 0 Å². The van der Waals surface area contributed by atoms with Crippen molar-refractivity contribution < 1.29 is 14.9 Å². The topological polar surface area (TPSA) is 49.7 Å². The summed E-state index contributed by atoms with van der Waals surface area (Å²) in [6, 6.07) is 0. The third-order valence-electron chi connectivity index (χ3n) is 1.36. The quantitative estimate of drug-likeness (QED) is 0.558. The Morgan fingerprint density at radius 2 is 1.90 bits per heavy atom. The zero-order valence-corrected chi connectivity index (χ0v) is 6.58. The summed E-state index contributed by atoms with van der Waals surface area (Å²) in [6.45, 7) is 3.71. The Bertz CT molecular complexity index is 71.3. The molecule has 0 fully saturated rings. The molecule has 0 spiro atoms. The Kier molecular flexibility index (Phi) is 5.58. The molecule has 0 radical (unpaired) electrons. The number of hydrogen-bond donors (Lipinski definition) is 2. The molecule has 0 aliphatic rings. The molecule has 0 aliphatic carbocycles. The smallest absolute Gasteiger partial charge is 0.154 e. The molecule has 0 rings (SSSR count). The van der Waals surface area contributed by atoms with Crippen molar-refractivity contribution >= 4 is 0 Å². The Morgan fingerprint density at radius 3 is 2.20 bits per heavy atom. The van der Waals surface area contributed by atoms with Crippen molar-refractivity contribution in [2.45, 2.75) is 39.1 Å². The van der Waals surface area contributed by atoms with Crippen LogP contribution in [0.15, 0.2) is 0 Å². The minimum atomic E-state index is -0.725. The van der Waals surface area contributed by atoms with E-state index < -0.39 is 6.29 Å². The van der Waals surface area contributed by atoms with Gasteiger partial charge >= 0.3 is 0 Å². The number of ether oxygens (including phenoxy) is 1. The van der Waals surface area contributed by atoms with Gasteiger partial charge in [0.05, 0.1) is 12.7 Å². The van der Waals surface area contributed by atoms with Crippen LogP contribution in [-0.2, 0) is 4.74 Å². The highest BCUT2D eigenvalue weighted by atomic mass is 16.6. The predicted octanol–water partition coefficient (Wildman–Crippen LogP) is 0.502. The zero-order valence-electron chi connectivity index (χ0n) is 6.58. The van der Waals surface area contributed by atoms with Crippen molar-refractivity contribution in [1.82, 2.24) is 0 Å². The van der Waals surface area contributed by atoms with E-state index in [2.05, 4.69) is 0 Å². The molecule has 0 amide bonds. The SMILES string of the molecule is CCC(O)OC(CC)CO. The van der Waals surface area contributed by atoms with Gasteiger partial charge in [0.25, 0.3) is 0 Å². The average Bonchev–Trinajstić information content (AvgIpc) is 1.99. The lowest BCUT2D eigenvalue weighted by molar-refractivity contribution is -0.147. The molecule has 10 heavy (non-hydrogen) atoms. The van der Waals surface area contributed by atoms with Crippen LogP contribution in [-0.4, -0.2) is 29.2 Å². The molecule has 0 aliphatic heterocycles. The summed E-state index contributed by atoms with van der Waals surface area (Å²) < 4.78 is 5.00. The fraction of sp³-hybridized carbons (Fsp3) is 1.00. The van der Waals surface area contributed by atoms with Crippen molar-refractivity contribution in [3.05, 3.63) is 0 Å². The maximum Gasteiger partial charge on any atom is 0.154 e. The lowest BCUT2D eigenvalue weighted by Crippen LogP contribution is -2.23. The van der Waals surface area contributed by atoms with Gasteiger partial charge in [-0.05, 0) is 12.8 Å². The lowest BCUT2D eigenvalue weighted by atomic mass is 10.3. The van der Waals surface area contributed by atoms with E-state index in [-0.39, 0.29) is 12.7 Å². The van der Waals surface area contributed by atoms with E-state index >= 15 is 0 Å². The Balaban J connectivity index is 3.41. The first-order chi connectivity index (χ1) is 4.74. The Morgan fingerprint density at radius 1 is 1.30 bits per heavy atom. The van der Waals surface area contributed by atoms with Crippen molar-refractivity contribution in [3.63, 3.8) is 0 Å². The summed E-state index contributed by atoms with van der Waals surface area (Å²) >= 11 is 0. The molecule has 2 atom stereocenters. The Hall–Kier alpha value is -0.120. The van der Waals surface area contributed by atoms with E-state index in [9.17, 15) is 0 Å². The summed E-state index contributed by atoms with van der Waals surface area (Å²) in [7, 11) is 0. The molecule has 3 heteroatoms. The second kappa shape index (κ2) is 5.65. The first-order valence-electron chi connectivity index (χ1n) is 3.68. The van der Waals surface area contributed by atoms with Gasteiger partial charge in [-0.2, -0.15) is 0 Å². The van der Waals surface area contributed by atoms with Crippen LogP contribution in [0.25, 0.3) is 0 Å². The Labute approximate surface area is 61.6 Å². The van der Waals surface area contributed by atoms with Crippen LogP contribution in [0.3, 0.4) is 0 Å². The molecule has 0 bridgehead atoms. The number of aliphatic hydroxyl groups is 2. The highest BCUT2D eigenvalue weighted by Gasteiger charge is 2.08. The molecule has 0 heterocycles. The van der Waals surface area contributed by atoms with Gasteiger partial charge in [0.2, 0.25) is 0 Å². The van der Waals surface area contributed by atoms with E-state index in [0.717, 1.165) is 6.42 Å². The normalized spacial score (nSPS) is 16.8. The maximum atomic E-state index is 8.96. The zero-order chi connectivity index (χ0) is 7.98. The van der Waals surface area contributed by atoms with E-state index in [1.807, 2.05) is 13.8 Å². The van der Waals surface area contributed by atoms with Crippen LogP contribution in [0.2, 0.25) is 0 Å². The van der Waals surface area contributed by atoms with E-state index in [1.165, 1.54) is 0 Å². The van der Waals surface area contributed by atoms with Gasteiger partial charge in [0.15, 0.2) is 6.29 Å². The van der Waals surface area contributed by atoms with Gasteiger partial charge in [-0.25, -0.2) is 0 Å². The van der Waals surface area contributed by atoms with Crippen molar-refractivity contribution in [3.8, 4) is 0 Å². The molecule has 2 unspecified atom stereocenters. The molecular formula is C7H16O3. The second-order valence-corrected chi connectivity index (χ2v) is 2.21. The third-order valence-corrected chi connectivity index (χ3v) is 1.36. The molecule has 0 saturated heterocycles. The first kappa shape index (κ1) is 9.88. The average molecular weight is 148 g/mol. The van der Waals surface area contributed by atoms with E-state index in [4.69, 9.17) is 14.9 Å². The maximum absolute atomic E-state index is 8.96. The number of rotatable bonds is 5. The summed E-state index contributed by atoms with van der Waals surface area (Å²) in [5.41, 5.74) is 0. The molecule has 62 valence electrons. The summed E-state index contributed by atoms with van der Waals surface area (Å²) in [5, 5.41) is 17.6. The van der Waals surface area contributed by atoms with E-state index in [1.54, 1.807) is 0 Å². The van der Waals surface area contributed by atoms with Gasteiger partial charge in [0, 0.05) is 0 Å². The van der Waals surface area contributed by atoms with Crippen LogP contribution in [0, 0.1) is 0 Å².